The summed E-state index contributed by atoms with van der Waals surface area (Å²) >= 11 is 1.86. The molecule has 0 spiro atoms. The molecule has 1 aromatic heterocycles. The number of anilines is 3. The molecule has 2 heteroatoms. The van der Waals surface area contributed by atoms with Crippen LogP contribution in [0, 0.1) is 0 Å². The molecule has 0 N–H and O–H groups in total. The zero-order valence-corrected chi connectivity index (χ0v) is 28.2. The summed E-state index contributed by atoms with van der Waals surface area (Å²) in [7, 11) is 0. The summed E-state index contributed by atoms with van der Waals surface area (Å²) < 4.78 is 2.67. The van der Waals surface area contributed by atoms with Gasteiger partial charge in [0.05, 0.1) is 0 Å². The Balaban J connectivity index is 1.02. The van der Waals surface area contributed by atoms with Crippen LogP contribution in [-0.4, -0.2) is 0 Å². The molecular weight excluding hydrogens is 623 g/mol. The minimum Gasteiger partial charge on any atom is -0.311 e. The van der Waals surface area contributed by atoms with E-state index in [4.69, 9.17) is 0 Å². The molecule has 9 rings (SSSR count). The molecule has 0 aliphatic rings. The molecule has 8 aromatic carbocycles. The number of benzene rings is 8. The normalized spacial score (nSPS) is 11.2. The second-order valence-electron chi connectivity index (χ2n) is 12.6. The summed E-state index contributed by atoms with van der Waals surface area (Å²) in [5, 5.41) is 2.66. The Morgan fingerprint density at radius 3 is 1.08 bits per heavy atom. The van der Waals surface area contributed by atoms with E-state index in [0.717, 1.165) is 17.1 Å². The first-order valence-electron chi connectivity index (χ1n) is 17.0. The molecule has 0 bridgehead atoms. The molecule has 0 aliphatic carbocycles. The minimum absolute atomic E-state index is 1.11. The Morgan fingerprint density at radius 1 is 0.260 bits per heavy atom. The van der Waals surface area contributed by atoms with Crippen molar-refractivity contribution in [1.29, 1.82) is 0 Å². The van der Waals surface area contributed by atoms with Crippen LogP contribution in [0.25, 0.3) is 64.7 Å². The lowest BCUT2D eigenvalue weighted by Gasteiger charge is -2.26. The van der Waals surface area contributed by atoms with Gasteiger partial charge in [0.2, 0.25) is 0 Å². The first-order chi connectivity index (χ1) is 24.8. The van der Waals surface area contributed by atoms with E-state index in [-0.39, 0.29) is 0 Å². The Hall–Kier alpha value is -6.22. The zero-order valence-electron chi connectivity index (χ0n) is 27.4. The molecule has 0 atom stereocenters. The van der Waals surface area contributed by atoms with Crippen LogP contribution in [0.5, 0.6) is 0 Å². The molecular formula is C48H33NS. The van der Waals surface area contributed by atoms with Crippen LogP contribution in [0.2, 0.25) is 0 Å². The molecule has 9 aromatic rings. The summed E-state index contributed by atoms with van der Waals surface area (Å²) in [6.45, 7) is 0. The Bertz CT molecular complexity index is 2450. The van der Waals surface area contributed by atoms with Gasteiger partial charge >= 0.3 is 0 Å². The van der Waals surface area contributed by atoms with E-state index in [1.54, 1.807) is 0 Å². The monoisotopic (exact) mass is 655 g/mol. The lowest BCUT2D eigenvalue weighted by Crippen LogP contribution is -2.09. The maximum atomic E-state index is 2.34. The van der Waals surface area contributed by atoms with Gasteiger partial charge in [-0.05, 0) is 99.1 Å². The fourth-order valence-electron chi connectivity index (χ4n) is 6.88. The van der Waals surface area contributed by atoms with Gasteiger partial charge in [0, 0.05) is 37.2 Å². The van der Waals surface area contributed by atoms with Crippen molar-refractivity contribution in [3.63, 3.8) is 0 Å². The highest BCUT2D eigenvalue weighted by atomic mass is 32.1. The van der Waals surface area contributed by atoms with Gasteiger partial charge in [-0.2, -0.15) is 0 Å². The first-order valence-corrected chi connectivity index (χ1v) is 17.8. The van der Waals surface area contributed by atoms with E-state index >= 15 is 0 Å². The van der Waals surface area contributed by atoms with Crippen molar-refractivity contribution in [2.45, 2.75) is 0 Å². The van der Waals surface area contributed by atoms with Crippen molar-refractivity contribution in [3.05, 3.63) is 200 Å². The standard InChI is InChI=1S/C48H33NS/c1-3-9-34(10-4-1)37-19-26-42(27-20-37)49(43-28-21-38(22-29-43)35-11-5-2-6-12-35)44-30-23-39(24-31-44)36-15-17-40(18-16-36)41-25-32-48-46(33-41)45-13-7-8-14-47(45)50-48/h1-33H. The maximum absolute atomic E-state index is 2.34. The molecule has 0 unspecified atom stereocenters. The molecule has 236 valence electrons. The van der Waals surface area contributed by atoms with Crippen LogP contribution in [0.15, 0.2) is 200 Å². The molecule has 0 aliphatic heterocycles. The van der Waals surface area contributed by atoms with E-state index in [1.165, 1.54) is 64.7 Å². The number of nitrogens with zero attached hydrogens (tertiary/aromatic N) is 1. The van der Waals surface area contributed by atoms with Gasteiger partial charge in [-0.15, -0.1) is 11.3 Å². The van der Waals surface area contributed by atoms with Crippen molar-refractivity contribution in [1.82, 2.24) is 0 Å². The van der Waals surface area contributed by atoms with Crippen molar-refractivity contribution in [2.24, 2.45) is 0 Å². The van der Waals surface area contributed by atoms with E-state index < -0.39 is 0 Å². The summed E-state index contributed by atoms with van der Waals surface area (Å²) in [5.74, 6) is 0. The van der Waals surface area contributed by atoms with Gasteiger partial charge in [-0.1, -0.05) is 146 Å². The third-order valence-corrected chi connectivity index (χ3v) is 10.7. The van der Waals surface area contributed by atoms with Crippen LogP contribution in [0.4, 0.5) is 17.1 Å². The van der Waals surface area contributed by atoms with Crippen molar-refractivity contribution in [3.8, 4) is 44.5 Å². The Morgan fingerprint density at radius 2 is 0.600 bits per heavy atom. The molecule has 0 amide bonds. The van der Waals surface area contributed by atoms with Crippen LogP contribution in [0.1, 0.15) is 0 Å². The van der Waals surface area contributed by atoms with Crippen LogP contribution in [0.3, 0.4) is 0 Å². The predicted molar refractivity (Wildman–Crippen MR) is 216 cm³/mol. The predicted octanol–water partition coefficient (Wildman–Crippen LogP) is 14.2. The average Bonchev–Trinajstić information content (AvgIpc) is 3.58. The first kappa shape index (κ1) is 29.9. The van der Waals surface area contributed by atoms with Gasteiger partial charge in [0.1, 0.15) is 0 Å². The van der Waals surface area contributed by atoms with Crippen molar-refractivity contribution in [2.75, 3.05) is 4.90 Å². The van der Waals surface area contributed by atoms with E-state index in [0.29, 0.717) is 0 Å². The van der Waals surface area contributed by atoms with Gasteiger partial charge in [-0.25, -0.2) is 0 Å². The molecule has 0 fully saturated rings. The summed E-state index contributed by atoms with van der Waals surface area (Å²) in [6.07, 6.45) is 0. The lowest BCUT2D eigenvalue weighted by molar-refractivity contribution is 1.28. The van der Waals surface area contributed by atoms with Gasteiger partial charge < -0.3 is 4.90 Å². The smallest absolute Gasteiger partial charge is 0.0462 e. The number of hydrogen-bond donors (Lipinski definition) is 0. The van der Waals surface area contributed by atoms with Crippen molar-refractivity contribution >= 4 is 48.6 Å². The second kappa shape index (κ2) is 13.0. The molecule has 50 heavy (non-hydrogen) atoms. The van der Waals surface area contributed by atoms with Crippen LogP contribution < -0.4 is 4.90 Å². The number of thiophene rings is 1. The lowest BCUT2D eigenvalue weighted by atomic mass is 9.99. The highest BCUT2D eigenvalue weighted by molar-refractivity contribution is 7.25. The van der Waals surface area contributed by atoms with E-state index in [9.17, 15) is 0 Å². The number of hydrogen-bond acceptors (Lipinski definition) is 2. The zero-order chi connectivity index (χ0) is 33.3. The average molecular weight is 656 g/mol. The number of rotatable bonds is 7. The third kappa shape index (κ3) is 5.77. The molecule has 0 saturated carbocycles. The largest absolute Gasteiger partial charge is 0.311 e. The molecule has 1 heterocycles. The quantitative estimate of drug-likeness (QED) is 0.165. The topological polar surface area (TPSA) is 3.24 Å². The van der Waals surface area contributed by atoms with E-state index in [1.807, 2.05) is 11.3 Å². The van der Waals surface area contributed by atoms with Gasteiger partial charge in [0.15, 0.2) is 0 Å². The maximum Gasteiger partial charge on any atom is 0.0462 e. The Kier molecular flexibility index (Phi) is 7.77. The minimum atomic E-state index is 1.11. The molecule has 1 nitrogen and oxygen atoms in total. The summed E-state index contributed by atoms with van der Waals surface area (Å²) in [5.41, 5.74) is 13.1. The summed E-state index contributed by atoms with van der Waals surface area (Å²) in [4.78, 5) is 2.33. The van der Waals surface area contributed by atoms with Crippen LogP contribution >= 0.6 is 11.3 Å². The Labute approximate surface area is 297 Å². The van der Waals surface area contributed by atoms with Crippen molar-refractivity contribution < 1.29 is 0 Å². The molecule has 0 saturated heterocycles. The fraction of sp³-hybridized carbons (Fsp3) is 0. The SMILES string of the molecule is c1ccc(-c2ccc(N(c3ccc(-c4ccccc4)cc3)c3ccc(-c4ccc(-c5ccc6sc7ccccc7c6c5)cc4)cc3)cc2)cc1. The highest BCUT2D eigenvalue weighted by Gasteiger charge is 2.14. The van der Waals surface area contributed by atoms with Crippen LogP contribution in [-0.2, 0) is 0 Å². The summed E-state index contributed by atoms with van der Waals surface area (Å²) in [6, 6.07) is 72.2. The number of fused-ring (bicyclic) bond motifs is 3. The highest BCUT2D eigenvalue weighted by Crippen LogP contribution is 2.39. The molecule has 0 radical (unpaired) electrons. The third-order valence-electron chi connectivity index (χ3n) is 9.52. The van der Waals surface area contributed by atoms with E-state index in [2.05, 4.69) is 205 Å². The van der Waals surface area contributed by atoms with Gasteiger partial charge in [-0.3, -0.25) is 0 Å². The van der Waals surface area contributed by atoms with Gasteiger partial charge in [0.25, 0.3) is 0 Å². The fourth-order valence-corrected chi connectivity index (χ4v) is 7.96. The second-order valence-corrected chi connectivity index (χ2v) is 13.7.